The zero-order valence-corrected chi connectivity index (χ0v) is 5.96. The molecule has 4 nitrogen and oxygen atoms in total. The summed E-state index contributed by atoms with van der Waals surface area (Å²) in [6, 6.07) is 0. The van der Waals surface area contributed by atoms with E-state index in [1.165, 1.54) is 6.92 Å². The molecule has 0 bridgehead atoms. The molecule has 1 aliphatic rings. The molecular formula is C6H10O4. The first-order valence-corrected chi connectivity index (χ1v) is 3.18. The lowest BCUT2D eigenvalue weighted by atomic mass is 10.3. The quantitative estimate of drug-likeness (QED) is 0.338. The molecule has 1 saturated heterocycles. The highest BCUT2D eigenvalue weighted by molar-refractivity contribution is 5.66. The van der Waals surface area contributed by atoms with Crippen LogP contribution in [0.3, 0.4) is 0 Å². The normalized spacial score (nSPS) is 37.3. The van der Waals surface area contributed by atoms with Gasteiger partial charge in [0.25, 0.3) is 0 Å². The van der Waals surface area contributed by atoms with Crippen molar-refractivity contribution in [1.82, 2.24) is 0 Å². The number of epoxide rings is 1. The highest BCUT2D eigenvalue weighted by Crippen LogP contribution is 2.36. The molecule has 0 aromatic heterocycles. The van der Waals surface area contributed by atoms with Gasteiger partial charge in [-0.2, -0.15) is 0 Å². The van der Waals surface area contributed by atoms with Gasteiger partial charge < -0.3 is 14.6 Å². The Labute approximate surface area is 58.7 Å². The first-order chi connectivity index (χ1) is 4.58. The van der Waals surface area contributed by atoms with Gasteiger partial charge in [0.2, 0.25) is 0 Å². The lowest BCUT2D eigenvalue weighted by Gasteiger charge is -2.02. The van der Waals surface area contributed by atoms with Gasteiger partial charge in [0, 0.05) is 6.92 Å². The van der Waals surface area contributed by atoms with Gasteiger partial charge in [-0.3, -0.25) is 4.79 Å². The van der Waals surface area contributed by atoms with E-state index in [0.717, 1.165) is 0 Å². The third-order valence-electron chi connectivity index (χ3n) is 1.32. The molecule has 10 heavy (non-hydrogen) atoms. The largest absolute Gasteiger partial charge is 0.406 e. The molecule has 0 radical (unpaired) electrons. The number of esters is 1. The molecule has 0 amide bonds. The summed E-state index contributed by atoms with van der Waals surface area (Å²) in [4.78, 5) is 10.3. The standard InChI is InChI=1S/C6H10O4/c1-3-5-6(8,10-5)9-4(2)7/h5,8H,3H2,1-2H3. The van der Waals surface area contributed by atoms with Crippen molar-refractivity contribution in [2.45, 2.75) is 32.3 Å². The summed E-state index contributed by atoms with van der Waals surface area (Å²) in [5, 5.41) is 9.09. The summed E-state index contributed by atoms with van der Waals surface area (Å²) in [6.45, 7) is 3.07. The molecule has 1 heterocycles. The fourth-order valence-electron chi connectivity index (χ4n) is 0.807. The zero-order valence-electron chi connectivity index (χ0n) is 5.96. The minimum Gasteiger partial charge on any atom is -0.406 e. The average Bonchev–Trinajstić information content (AvgIpc) is 2.39. The second-order valence-electron chi connectivity index (χ2n) is 2.24. The lowest BCUT2D eigenvalue weighted by molar-refractivity contribution is -0.201. The van der Waals surface area contributed by atoms with Crippen molar-refractivity contribution in [2.24, 2.45) is 0 Å². The number of ether oxygens (including phenoxy) is 2. The Bertz CT molecular complexity index is 156. The molecule has 0 saturated carbocycles. The summed E-state index contributed by atoms with van der Waals surface area (Å²) >= 11 is 0. The van der Waals surface area contributed by atoms with E-state index in [1.807, 2.05) is 6.92 Å². The summed E-state index contributed by atoms with van der Waals surface area (Å²) in [5.74, 6) is -2.14. The van der Waals surface area contributed by atoms with Gasteiger partial charge in [-0.1, -0.05) is 6.92 Å². The predicted octanol–water partition coefficient (Wildman–Crippen LogP) is 0.00440. The summed E-state index contributed by atoms with van der Waals surface area (Å²) < 4.78 is 9.12. The summed E-state index contributed by atoms with van der Waals surface area (Å²) in [5.41, 5.74) is 0. The van der Waals surface area contributed by atoms with Gasteiger partial charge in [0.05, 0.1) is 0 Å². The molecule has 0 aliphatic carbocycles. The van der Waals surface area contributed by atoms with E-state index < -0.39 is 11.9 Å². The highest BCUT2D eigenvalue weighted by Gasteiger charge is 2.58. The second kappa shape index (κ2) is 2.21. The van der Waals surface area contributed by atoms with E-state index in [0.29, 0.717) is 6.42 Å². The third-order valence-corrected chi connectivity index (χ3v) is 1.32. The number of hydrogen-bond acceptors (Lipinski definition) is 4. The zero-order chi connectivity index (χ0) is 7.78. The Balaban J connectivity index is 2.36. The van der Waals surface area contributed by atoms with Crippen molar-refractivity contribution < 1.29 is 19.4 Å². The molecule has 0 aromatic carbocycles. The van der Waals surface area contributed by atoms with Crippen molar-refractivity contribution in [1.29, 1.82) is 0 Å². The molecule has 0 aromatic rings. The SMILES string of the molecule is CCC1OC1(O)OC(C)=O. The van der Waals surface area contributed by atoms with Crippen LogP contribution >= 0.6 is 0 Å². The maximum atomic E-state index is 10.3. The first-order valence-electron chi connectivity index (χ1n) is 3.18. The molecular weight excluding hydrogens is 136 g/mol. The van der Waals surface area contributed by atoms with Gasteiger partial charge in [-0.15, -0.1) is 0 Å². The van der Waals surface area contributed by atoms with Gasteiger partial charge in [0.1, 0.15) is 0 Å². The Morgan fingerprint density at radius 3 is 2.80 bits per heavy atom. The molecule has 1 rings (SSSR count). The smallest absolute Gasteiger partial charge is 0.355 e. The van der Waals surface area contributed by atoms with E-state index in [9.17, 15) is 4.79 Å². The second-order valence-corrected chi connectivity index (χ2v) is 2.24. The summed E-state index contributed by atoms with van der Waals surface area (Å²) in [6.07, 6.45) is 0.306. The Morgan fingerprint density at radius 1 is 1.90 bits per heavy atom. The van der Waals surface area contributed by atoms with Crippen LogP contribution in [0.2, 0.25) is 0 Å². The van der Waals surface area contributed by atoms with Crippen LogP contribution in [0, 0.1) is 0 Å². The van der Waals surface area contributed by atoms with Crippen LogP contribution in [0.5, 0.6) is 0 Å². The number of carbonyl (C=O) groups is 1. The number of rotatable bonds is 2. The molecule has 1 aliphatic heterocycles. The van der Waals surface area contributed by atoms with Crippen molar-refractivity contribution >= 4 is 5.97 Å². The molecule has 1 N–H and O–H groups in total. The van der Waals surface area contributed by atoms with Crippen LogP contribution in [0.25, 0.3) is 0 Å². The van der Waals surface area contributed by atoms with Crippen molar-refractivity contribution in [2.75, 3.05) is 0 Å². The molecule has 2 unspecified atom stereocenters. The predicted molar refractivity (Wildman–Crippen MR) is 31.9 cm³/mol. The molecule has 2 atom stereocenters. The van der Waals surface area contributed by atoms with Crippen molar-refractivity contribution in [3.63, 3.8) is 0 Å². The van der Waals surface area contributed by atoms with E-state index in [1.54, 1.807) is 0 Å². The van der Waals surface area contributed by atoms with E-state index in [4.69, 9.17) is 5.11 Å². The Hall–Kier alpha value is -0.610. The number of hydrogen-bond donors (Lipinski definition) is 1. The number of carbonyl (C=O) groups excluding carboxylic acids is 1. The van der Waals surface area contributed by atoms with Crippen LogP contribution in [0.1, 0.15) is 20.3 Å². The third kappa shape index (κ3) is 1.27. The minimum absolute atomic E-state index is 0.337. The van der Waals surface area contributed by atoms with Crippen LogP contribution in [0.4, 0.5) is 0 Å². The average molecular weight is 146 g/mol. The van der Waals surface area contributed by atoms with Crippen molar-refractivity contribution in [3.8, 4) is 0 Å². The van der Waals surface area contributed by atoms with Crippen LogP contribution in [-0.2, 0) is 14.3 Å². The number of aliphatic hydroxyl groups is 1. The van der Waals surface area contributed by atoms with Gasteiger partial charge in [-0.05, 0) is 6.42 Å². The monoisotopic (exact) mass is 146 g/mol. The van der Waals surface area contributed by atoms with E-state index in [2.05, 4.69) is 9.47 Å². The maximum absolute atomic E-state index is 10.3. The van der Waals surface area contributed by atoms with E-state index in [-0.39, 0.29) is 6.10 Å². The van der Waals surface area contributed by atoms with Crippen molar-refractivity contribution in [3.05, 3.63) is 0 Å². The minimum atomic E-state index is -1.61. The highest BCUT2D eigenvalue weighted by atomic mass is 16.9. The van der Waals surface area contributed by atoms with Gasteiger partial charge in [-0.25, -0.2) is 0 Å². The van der Waals surface area contributed by atoms with Crippen LogP contribution in [-0.4, -0.2) is 23.2 Å². The van der Waals surface area contributed by atoms with E-state index >= 15 is 0 Å². The Kier molecular flexibility index (Phi) is 1.66. The van der Waals surface area contributed by atoms with Gasteiger partial charge in [0.15, 0.2) is 6.10 Å². The topological polar surface area (TPSA) is 59.1 Å². The lowest BCUT2D eigenvalue weighted by Crippen LogP contribution is -2.21. The Morgan fingerprint density at radius 2 is 2.50 bits per heavy atom. The van der Waals surface area contributed by atoms with Crippen LogP contribution < -0.4 is 0 Å². The molecule has 1 fully saturated rings. The molecule has 58 valence electrons. The fourth-order valence-corrected chi connectivity index (χ4v) is 0.807. The van der Waals surface area contributed by atoms with Gasteiger partial charge >= 0.3 is 11.9 Å². The maximum Gasteiger partial charge on any atom is 0.355 e. The first kappa shape index (κ1) is 7.50. The molecule has 4 heteroatoms. The summed E-state index contributed by atoms with van der Waals surface area (Å²) in [7, 11) is 0. The van der Waals surface area contributed by atoms with Crippen LogP contribution in [0.15, 0.2) is 0 Å². The molecule has 0 spiro atoms. The fraction of sp³-hybridized carbons (Fsp3) is 0.833.